The van der Waals surface area contributed by atoms with Crippen LogP contribution in [-0.4, -0.2) is 44.6 Å². The van der Waals surface area contributed by atoms with Crippen LogP contribution in [0.15, 0.2) is 10.7 Å². The Balaban J connectivity index is 1.46. The van der Waals surface area contributed by atoms with Gasteiger partial charge in [0.15, 0.2) is 5.82 Å². The van der Waals surface area contributed by atoms with Crippen LogP contribution >= 0.6 is 0 Å². The molecule has 1 unspecified atom stereocenters. The fraction of sp³-hybridized carbons (Fsp3) is 0.706. The largest absolute Gasteiger partial charge is 0.381 e. The molecule has 130 valence electrons. The number of hydrogen-bond acceptors (Lipinski definition) is 6. The highest BCUT2D eigenvalue weighted by molar-refractivity contribution is 5.21. The molecule has 0 bridgehead atoms. The molecule has 2 aliphatic heterocycles. The molecule has 0 aromatic carbocycles. The zero-order valence-corrected chi connectivity index (χ0v) is 14.4. The van der Waals surface area contributed by atoms with Gasteiger partial charge >= 0.3 is 0 Å². The van der Waals surface area contributed by atoms with Gasteiger partial charge in [-0.2, -0.15) is 10.1 Å². The van der Waals surface area contributed by atoms with Gasteiger partial charge in [0, 0.05) is 43.5 Å². The fourth-order valence-electron chi connectivity index (χ4n) is 3.83. The summed E-state index contributed by atoms with van der Waals surface area (Å²) in [5.74, 6) is 1.93. The van der Waals surface area contributed by atoms with Gasteiger partial charge in [0.05, 0.1) is 12.7 Å². The van der Waals surface area contributed by atoms with E-state index in [1.54, 1.807) is 0 Å². The summed E-state index contributed by atoms with van der Waals surface area (Å²) in [7, 11) is 2.00. The van der Waals surface area contributed by atoms with Gasteiger partial charge in [0.1, 0.15) is 0 Å². The van der Waals surface area contributed by atoms with Crippen LogP contribution in [0.25, 0.3) is 0 Å². The van der Waals surface area contributed by atoms with Crippen LogP contribution in [0.2, 0.25) is 0 Å². The SMILES string of the molecule is Cc1c(C2CCCN2Cc2noc(C3CCOCC3)n2)cnn1C. The maximum absolute atomic E-state index is 5.52. The highest BCUT2D eigenvalue weighted by atomic mass is 16.5. The van der Waals surface area contributed by atoms with Crippen molar-refractivity contribution < 1.29 is 9.26 Å². The first-order valence-electron chi connectivity index (χ1n) is 8.85. The number of aromatic nitrogens is 4. The van der Waals surface area contributed by atoms with Crippen LogP contribution in [-0.2, 0) is 18.3 Å². The second-order valence-corrected chi connectivity index (χ2v) is 6.87. The minimum absolute atomic E-state index is 0.356. The molecule has 7 nitrogen and oxygen atoms in total. The second kappa shape index (κ2) is 6.64. The van der Waals surface area contributed by atoms with Gasteiger partial charge in [-0.05, 0) is 39.2 Å². The molecule has 1 atom stereocenters. The second-order valence-electron chi connectivity index (χ2n) is 6.87. The lowest BCUT2D eigenvalue weighted by Crippen LogP contribution is -2.24. The highest BCUT2D eigenvalue weighted by Gasteiger charge is 2.30. The van der Waals surface area contributed by atoms with Gasteiger partial charge in [0.2, 0.25) is 5.89 Å². The first-order chi connectivity index (χ1) is 11.7. The van der Waals surface area contributed by atoms with E-state index in [1.807, 2.05) is 17.9 Å². The number of ether oxygens (including phenoxy) is 1. The first kappa shape index (κ1) is 15.8. The topological polar surface area (TPSA) is 69.2 Å². The number of rotatable bonds is 4. The molecular formula is C17H25N5O2. The van der Waals surface area contributed by atoms with Crippen molar-refractivity contribution in [1.82, 2.24) is 24.8 Å². The van der Waals surface area contributed by atoms with E-state index in [4.69, 9.17) is 9.26 Å². The van der Waals surface area contributed by atoms with Crippen LogP contribution in [0.3, 0.4) is 0 Å². The molecule has 4 heterocycles. The van der Waals surface area contributed by atoms with Crippen molar-refractivity contribution >= 4 is 0 Å². The maximum Gasteiger partial charge on any atom is 0.229 e. The Labute approximate surface area is 142 Å². The van der Waals surface area contributed by atoms with Crippen molar-refractivity contribution in [2.75, 3.05) is 19.8 Å². The Morgan fingerprint density at radius 3 is 2.83 bits per heavy atom. The molecule has 4 rings (SSSR count). The van der Waals surface area contributed by atoms with Crippen molar-refractivity contribution in [2.24, 2.45) is 7.05 Å². The van der Waals surface area contributed by atoms with Crippen LogP contribution in [0.5, 0.6) is 0 Å². The van der Waals surface area contributed by atoms with Crippen molar-refractivity contribution in [1.29, 1.82) is 0 Å². The van der Waals surface area contributed by atoms with Crippen molar-refractivity contribution in [3.63, 3.8) is 0 Å². The first-order valence-corrected chi connectivity index (χ1v) is 8.85. The Morgan fingerprint density at radius 1 is 1.25 bits per heavy atom. The van der Waals surface area contributed by atoms with Gasteiger partial charge in [0.25, 0.3) is 0 Å². The summed E-state index contributed by atoms with van der Waals surface area (Å²) in [4.78, 5) is 7.10. The quantitative estimate of drug-likeness (QED) is 0.856. The van der Waals surface area contributed by atoms with Crippen molar-refractivity contribution in [3.05, 3.63) is 29.2 Å². The molecule has 2 aromatic rings. The molecular weight excluding hydrogens is 306 g/mol. The monoisotopic (exact) mass is 331 g/mol. The zero-order valence-electron chi connectivity index (χ0n) is 14.4. The standard InChI is InChI=1S/C17H25N5O2/c1-12-14(10-18-21(12)2)15-4-3-7-22(15)11-16-19-17(24-20-16)13-5-8-23-9-6-13/h10,13,15H,3-9,11H2,1-2H3. The molecule has 0 spiro atoms. The minimum Gasteiger partial charge on any atom is -0.381 e. The smallest absolute Gasteiger partial charge is 0.229 e. The van der Waals surface area contributed by atoms with E-state index in [1.165, 1.54) is 17.7 Å². The summed E-state index contributed by atoms with van der Waals surface area (Å²) in [6.07, 6.45) is 6.31. The third-order valence-corrected chi connectivity index (χ3v) is 5.39. The highest BCUT2D eigenvalue weighted by Crippen LogP contribution is 2.34. The molecule has 7 heteroatoms. The Hall–Kier alpha value is -1.73. The molecule has 0 radical (unpaired) electrons. The number of hydrogen-bond donors (Lipinski definition) is 0. The lowest BCUT2D eigenvalue weighted by atomic mass is 10.0. The number of nitrogens with zero attached hydrogens (tertiary/aromatic N) is 5. The van der Waals surface area contributed by atoms with E-state index in [2.05, 4.69) is 27.1 Å². The van der Waals surface area contributed by atoms with Crippen LogP contribution < -0.4 is 0 Å². The van der Waals surface area contributed by atoms with E-state index in [0.29, 0.717) is 12.0 Å². The third kappa shape index (κ3) is 2.98. The molecule has 2 aliphatic rings. The average Bonchev–Trinajstić information content (AvgIpc) is 3.32. The summed E-state index contributed by atoms with van der Waals surface area (Å²) in [6.45, 7) is 5.52. The van der Waals surface area contributed by atoms with E-state index in [-0.39, 0.29) is 0 Å². The average molecular weight is 331 g/mol. The van der Waals surface area contributed by atoms with Gasteiger partial charge < -0.3 is 9.26 Å². The Kier molecular flexibility index (Phi) is 4.37. The Bertz CT molecular complexity index is 689. The summed E-state index contributed by atoms with van der Waals surface area (Å²) in [5, 5.41) is 8.62. The minimum atomic E-state index is 0.356. The summed E-state index contributed by atoms with van der Waals surface area (Å²) >= 11 is 0. The molecule has 24 heavy (non-hydrogen) atoms. The lowest BCUT2D eigenvalue weighted by Gasteiger charge is -2.22. The summed E-state index contributed by atoms with van der Waals surface area (Å²) < 4.78 is 12.9. The van der Waals surface area contributed by atoms with Gasteiger partial charge in [-0.25, -0.2) is 0 Å². The molecule has 0 amide bonds. The van der Waals surface area contributed by atoms with E-state index in [9.17, 15) is 0 Å². The molecule has 2 saturated heterocycles. The fourth-order valence-corrected chi connectivity index (χ4v) is 3.83. The van der Waals surface area contributed by atoms with Gasteiger partial charge in [-0.1, -0.05) is 5.16 Å². The van der Waals surface area contributed by atoms with Gasteiger partial charge in [-0.15, -0.1) is 0 Å². The van der Waals surface area contributed by atoms with Crippen LogP contribution in [0.1, 0.15) is 60.6 Å². The van der Waals surface area contributed by atoms with Crippen molar-refractivity contribution in [2.45, 2.75) is 51.1 Å². The van der Waals surface area contributed by atoms with Crippen LogP contribution in [0.4, 0.5) is 0 Å². The summed E-state index contributed by atoms with van der Waals surface area (Å²) in [5.41, 5.74) is 2.56. The lowest BCUT2D eigenvalue weighted by molar-refractivity contribution is 0.0778. The third-order valence-electron chi connectivity index (χ3n) is 5.39. The normalized spacial score (nSPS) is 23.2. The molecule has 2 aromatic heterocycles. The van der Waals surface area contributed by atoms with Gasteiger partial charge in [-0.3, -0.25) is 9.58 Å². The maximum atomic E-state index is 5.52. The van der Waals surface area contributed by atoms with E-state index >= 15 is 0 Å². The molecule has 0 N–H and O–H groups in total. The number of likely N-dealkylation sites (tertiary alicyclic amines) is 1. The zero-order chi connectivity index (χ0) is 16.5. The Morgan fingerprint density at radius 2 is 2.08 bits per heavy atom. The predicted octanol–water partition coefficient (Wildman–Crippen LogP) is 2.34. The molecule has 0 aliphatic carbocycles. The van der Waals surface area contributed by atoms with Crippen LogP contribution in [0, 0.1) is 6.92 Å². The van der Waals surface area contributed by atoms with Crippen molar-refractivity contribution in [3.8, 4) is 0 Å². The van der Waals surface area contributed by atoms with E-state index in [0.717, 1.165) is 57.3 Å². The summed E-state index contributed by atoms with van der Waals surface area (Å²) in [6, 6.07) is 0.406. The number of aryl methyl sites for hydroxylation is 1. The molecule has 2 fully saturated rings. The molecule has 0 saturated carbocycles. The predicted molar refractivity (Wildman–Crippen MR) is 87.4 cm³/mol. The van der Waals surface area contributed by atoms with E-state index < -0.39 is 0 Å².